The van der Waals surface area contributed by atoms with Gasteiger partial charge in [0.15, 0.2) is 0 Å². The van der Waals surface area contributed by atoms with Gasteiger partial charge in [-0.3, -0.25) is 4.98 Å². The van der Waals surface area contributed by atoms with Crippen LogP contribution in [0.4, 0.5) is 0 Å². The maximum absolute atomic E-state index is 6.33. The molecule has 0 aliphatic heterocycles. The molecule has 0 bridgehead atoms. The Morgan fingerprint density at radius 1 is 1.00 bits per heavy atom. The van der Waals surface area contributed by atoms with E-state index in [0.29, 0.717) is 0 Å². The summed E-state index contributed by atoms with van der Waals surface area (Å²) in [5.41, 5.74) is 11.9. The average molecular weight is 226 g/mol. The lowest BCUT2D eigenvalue weighted by Gasteiger charge is -2.16. The minimum absolute atomic E-state index is 0.0726. The van der Waals surface area contributed by atoms with Crippen molar-refractivity contribution < 1.29 is 0 Å². The Balaban J connectivity index is 2.43. The van der Waals surface area contributed by atoms with E-state index in [9.17, 15) is 0 Å². The van der Waals surface area contributed by atoms with Crippen molar-refractivity contribution in [3.63, 3.8) is 0 Å². The van der Waals surface area contributed by atoms with Crippen molar-refractivity contribution in [1.82, 2.24) is 4.98 Å². The Hall–Kier alpha value is -1.67. The van der Waals surface area contributed by atoms with Gasteiger partial charge in [-0.25, -0.2) is 0 Å². The molecule has 2 N–H and O–H groups in total. The fourth-order valence-corrected chi connectivity index (χ4v) is 2.16. The van der Waals surface area contributed by atoms with Crippen LogP contribution in [-0.4, -0.2) is 4.98 Å². The first kappa shape index (κ1) is 11.8. The van der Waals surface area contributed by atoms with E-state index in [1.165, 1.54) is 11.1 Å². The van der Waals surface area contributed by atoms with Crippen molar-refractivity contribution in [2.45, 2.75) is 26.8 Å². The molecular weight excluding hydrogens is 208 g/mol. The minimum Gasteiger partial charge on any atom is -0.320 e. The first-order valence-electron chi connectivity index (χ1n) is 5.84. The molecule has 1 unspecified atom stereocenters. The predicted molar refractivity (Wildman–Crippen MR) is 70.9 cm³/mol. The Kier molecular flexibility index (Phi) is 3.25. The minimum atomic E-state index is -0.0726. The molecular formula is C15H18N2. The summed E-state index contributed by atoms with van der Waals surface area (Å²) in [5, 5.41) is 0. The second kappa shape index (κ2) is 4.68. The lowest BCUT2D eigenvalue weighted by atomic mass is 9.95. The van der Waals surface area contributed by atoms with Gasteiger partial charge in [0, 0.05) is 11.4 Å². The zero-order valence-corrected chi connectivity index (χ0v) is 10.6. The monoisotopic (exact) mass is 226 g/mol. The summed E-state index contributed by atoms with van der Waals surface area (Å²) in [4.78, 5) is 4.38. The summed E-state index contributed by atoms with van der Waals surface area (Å²) in [5.74, 6) is 0. The largest absolute Gasteiger partial charge is 0.320 e. The van der Waals surface area contributed by atoms with Gasteiger partial charge in [-0.05, 0) is 49.6 Å². The highest BCUT2D eigenvalue weighted by molar-refractivity contribution is 5.37. The third kappa shape index (κ3) is 2.53. The number of aryl methyl sites for hydroxylation is 3. The van der Waals surface area contributed by atoms with Gasteiger partial charge in [0.25, 0.3) is 0 Å². The molecule has 2 heteroatoms. The van der Waals surface area contributed by atoms with Gasteiger partial charge in [-0.15, -0.1) is 0 Å². The quantitative estimate of drug-likeness (QED) is 0.854. The number of benzene rings is 1. The van der Waals surface area contributed by atoms with E-state index in [-0.39, 0.29) is 6.04 Å². The number of rotatable bonds is 2. The smallest absolute Gasteiger partial charge is 0.0555 e. The molecule has 0 amide bonds. The third-order valence-corrected chi connectivity index (χ3v) is 2.99. The molecule has 2 aromatic rings. The zero-order valence-electron chi connectivity index (χ0n) is 10.6. The van der Waals surface area contributed by atoms with Crippen LogP contribution < -0.4 is 5.73 Å². The summed E-state index contributed by atoms with van der Waals surface area (Å²) in [6.45, 7) is 6.10. The molecule has 1 aromatic carbocycles. The van der Waals surface area contributed by atoms with E-state index in [4.69, 9.17) is 5.73 Å². The van der Waals surface area contributed by atoms with Crippen molar-refractivity contribution in [3.05, 3.63) is 64.5 Å². The van der Waals surface area contributed by atoms with E-state index in [1.807, 2.05) is 26.0 Å². The van der Waals surface area contributed by atoms with Crippen molar-refractivity contribution >= 4 is 0 Å². The molecule has 1 aromatic heterocycles. The standard InChI is InChI=1S/C15H18N2/c1-10-6-4-5-7-14(10)15(16)13-8-11(2)17-12(3)9-13/h4-9,15H,16H2,1-3H3. The SMILES string of the molecule is Cc1cc(C(N)c2ccccc2C)cc(C)n1. The van der Waals surface area contributed by atoms with Gasteiger partial charge in [0.05, 0.1) is 6.04 Å². The fourth-order valence-electron chi connectivity index (χ4n) is 2.16. The van der Waals surface area contributed by atoms with Crippen LogP contribution in [0.2, 0.25) is 0 Å². The second-order valence-corrected chi connectivity index (χ2v) is 4.52. The number of pyridine rings is 1. The Bertz CT molecular complexity index is 512. The number of nitrogens with two attached hydrogens (primary N) is 1. The molecule has 0 aliphatic rings. The molecule has 0 aliphatic carbocycles. The van der Waals surface area contributed by atoms with Crippen molar-refractivity contribution in [2.24, 2.45) is 5.73 Å². The molecule has 1 heterocycles. The lowest BCUT2D eigenvalue weighted by Crippen LogP contribution is -2.14. The molecule has 1 atom stereocenters. The summed E-state index contributed by atoms with van der Waals surface area (Å²) >= 11 is 0. The summed E-state index contributed by atoms with van der Waals surface area (Å²) in [7, 11) is 0. The van der Waals surface area contributed by atoms with E-state index in [0.717, 1.165) is 17.0 Å². The van der Waals surface area contributed by atoms with Gasteiger partial charge in [-0.2, -0.15) is 0 Å². The molecule has 88 valence electrons. The fraction of sp³-hybridized carbons (Fsp3) is 0.267. The lowest BCUT2D eigenvalue weighted by molar-refractivity contribution is 0.851. The summed E-state index contributed by atoms with van der Waals surface area (Å²) in [6.07, 6.45) is 0. The van der Waals surface area contributed by atoms with Gasteiger partial charge in [-0.1, -0.05) is 24.3 Å². The molecule has 2 rings (SSSR count). The van der Waals surface area contributed by atoms with Crippen LogP contribution in [0.1, 0.15) is 34.1 Å². The number of hydrogen-bond acceptors (Lipinski definition) is 2. The van der Waals surface area contributed by atoms with Gasteiger partial charge < -0.3 is 5.73 Å². The molecule has 0 saturated carbocycles. The number of hydrogen-bond donors (Lipinski definition) is 1. The van der Waals surface area contributed by atoms with Crippen LogP contribution in [0.5, 0.6) is 0 Å². The summed E-state index contributed by atoms with van der Waals surface area (Å²) < 4.78 is 0. The Morgan fingerprint density at radius 3 is 2.18 bits per heavy atom. The molecule has 0 fully saturated rings. The van der Waals surface area contributed by atoms with Crippen LogP contribution in [0, 0.1) is 20.8 Å². The van der Waals surface area contributed by atoms with E-state index < -0.39 is 0 Å². The topological polar surface area (TPSA) is 38.9 Å². The highest BCUT2D eigenvalue weighted by Crippen LogP contribution is 2.23. The van der Waals surface area contributed by atoms with E-state index in [1.54, 1.807) is 0 Å². The van der Waals surface area contributed by atoms with Crippen LogP contribution in [0.3, 0.4) is 0 Å². The molecule has 2 nitrogen and oxygen atoms in total. The Morgan fingerprint density at radius 2 is 1.59 bits per heavy atom. The highest BCUT2D eigenvalue weighted by Gasteiger charge is 2.11. The van der Waals surface area contributed by atoms with Crippen molar-refractivity contribution in [3.8, 4) is 0 Å². The van der Waals surface area contributed by atoms with E-state index >= 15 is 0 Å². The summed E-state index contributed by atoms with van der Waals surface area (Å²) in [6, 6.07) is 12.3. The van der Waals surface area contributed by atoms with E-state index in [2.05, 4.69) is 36.2 Å². The first-order valence-corrected chi connectivity index (χ1v) is 5.84. The predicted octanol–water partition coefficient (Wildman–Crippen LogP) is 3.05. The van der Waals surface area contributed by atoms with Gasteiger partial charge in [0.2, 0.25) is 0 Å². The third-order valence-electron chi connectivity index (χ3n) is 2.99. The zero-order chi connectivity index (χ0) is 12.4. The van der Waals surface area contributed by atoms with Crippen LogP contribution in [0.25, 0.3) is 0 Å². The highest BCUT2D eigenvalue weighted by atomic mass is 14.7. The first-order chi connectivity index (χ1) is 8.08. The molecule has 17 heavy (non-hydrogen) atoms. The van der Waals surface area contributed by atoms with Crippen LogP contribution in [0.15, 0.2) is 36.4 Å². The maximum atomic E-state index is 6.33. The molecule has 0 spiro atoms. The van der Waals surface area contributed by atoms with Crippen LogP contribution >= 0.6 is 0 Å². The average Bonchev–Trinajstić information content (AvgIpc) is 2.27. The van der Waals surface area contributed by atoms with Crippen LogP contribution in [-0.2, 0) is 0 Å². The van der Waals surface area contributed by atoms with Crippen molar-refractivity contribution in [1.29, 1.82) is 0 Å². The molecule has 0 saturated heterocycles. The number of nitrogens with zero attached hydrogens (tertiary/aromatic N) is 1. The normalized spacial score (nSPS) is 12.5. The second-order valence-electron chi connectivity index (χ2n) is 4.52. The Labute approximate surface area is 103 Å². The van der Waals surface area contributed by atoms with Crippen molar-refractivity contribution in [2.75, 3.05) is 0 Å². The van der Waals surface area contributed by atoms with Gasteiger partial charge >= 0.3 is 0 Å². The van der Waals surface area contributed by atoms with Gasteiger partial charge in [0.1, 0.15) is 0 Å². The molecule has 0 radical (unpaired) electrons. The maximum Gasteiger partial charge on any atom is 0.0555 e. The number of aromatic nitrogens is 1.